The van der Waals surface area contributed by atoms with Gasteiger partial charge in [0.1, 0.15) is 13.1 Å². The summed E-state index contributed by atoms with van der Waals surface area (Å²) in [4.78, 5) is 5.37. The zero-order valence-corrected chi connectivity index (χ0v) is 24.6. The van der Waals surface area contributed by atoms with E-state index < -0.39 is 0 Å². The van der Waals surface area contributed by atoms with Crippen molar-refractivity contribution in [1.29, 1.82) is 0 Å². The van der Waals surface area contributed by atoms with Crippen LogP contribution in [-0.2, 0) is 13.1 Å². The second-order valence-electron chi connectivity index (χ2n) is 10.6. The van der Waals surface area contributed by atoms with Crippen molar-refractivity contribution in [2.24, 2.45) is 0 Å². The second kappa shape index (κ2) is 14.1. The number of hydrogen-bond acceptors (Lipinski definition) is 2. The molecule has 2 aromatic rings. The van der Waals surface area contributed by atoms with Crippen molar-refractivity contribution < 1.29 is 8.97 Å². The summed E-state index contributed by atoms with van der Waals surface area (Å²) in [5.41, 5.74) is 2.78. The van der Waals surface area contributed by atoms with E-state index in [-0.39, 0.29) is 0 Å². The predicted molar refractivity (Wildman–Crippen MR) is 156 cm³/mol. The molecule has 1 heterocycles. The van der Waals surface area contributed by atoms with E-state index in [0.29, 0.717) is 0 Å². The molecule has 1 aliphatic heterocycles. The molecule has 0 unspecified atom stereocenters. The van der Waals surface area contributed by atoms with Gasteiger partial charge >= 0.3 is 0 Å². The average molecular weight is 536 g/mol. The van der Waals surface area contributed by atoms with E-state index in [0.717, 1.165) is 32.1 Å². The van der Waals surface area contributed by atoms with Gasteiger partial charge in [0.15, 0.2) is 0 Å². The van der Waals surface area contributed by atoms with Gasteiger partial charge in [0.25, 0.3) is 0 Å². The Morgan fingerprint density at radius 1 is 0.556 bits per heavy atom. The molecule has 2 aromatic carbocycles. The van der Waals surface area contributed by atoms with Crippen LogP contribution in [0.5, 0.6) is 0 Å². The van der Waals surface area contributed by atoms with Crippen molar-refractivity contribution in [2.45, 2.75) is 40.8 Å². The maximum atomic E-state index is 6.11. The zero-order valence-electron chi connectivity index (χ0n) is 23.1. The fraction of sp³-hybridized carbons (Fsp3) is 0.600. The smallest absolute Gasteiger partial charge is 0.104 e. The van der Waals surface area contributed by atoms with Crippen LogP contribution in [0.2, 0.25) is 10.0 Å². The van der Waals surface area contributed by atoms with Gasteiger partial charge in [-0.1, -0.05) is 47.5 Å². The van der Waals surface area contributed by atoms with Crippen LogP contribution in [-0.4, -0.2) is 97.3 Å². The zero-order chi connectivity index (χ0) is 26.0. The Bertz CT molecular complexity index is 809. The molecule has 0 saturated carbocycles. The molecule has 0 radical (unpaired) electrons. The monoisotopic (exact) mass is 534 g/mol. The summed E-state index contributed by atoms with van der Waals surface area (Å²) in [5, 5.41) is 1.64. The largest absolute Gasteiger partial charge is 0.319 e. The van der Waals surface area contributed by atoms with Crippen LogP contribution in [0.4, 0.5) is 0 Å². The van der Waals surface area contributed by atoms with E-state index in [1.165, 1.54) is 89.7 Å². The first-order valence-corrected chi connectivity index (χ1v) is 14.7. The Morgan fingerprint density at radius 2 is 0.861 bits per heavy atom. The highest BCUT2D eigenvalue weighted by Gasteiger charge is 2.28. The van der Waals surface area contributed by atoms with Gasteiger partial charge in [-0.2, -0.15) is 0 Å². The normalized spacial score (nSPS) is 15.9. The molecule has 0 aliphatic carbocycles. The summed E-state index contributed by atoms with van der Waals surface area (Å²) in [6, 6.07) is 16.9. The molecule has 3 rings (SSSR count). The van der Waals surface area contributed by atoms with Crippen LogP contribution in [0.1, 0.15) is 38.8 Å². The van der Waals surface area contributed by atoms with Gasteiger partial charge in [-0.05, 0) is 52.0 Å². The molecule has 0 N–H and O–H groups in total. The maximum absolute atomic E-state index is 6.11. The number of piperazine rings is 1. The number of hydrogen-bond donors (Lipinski definition) is 0. The lowest BCUT2D eigenvalue weighted by Gasteiger charge is -2.42. The van der Waals surface area contributed by atoms with Crippen LogP contribution in [0, 0.1) is 0 Å². The van der Waals surface area contributed by atoms with Gasteiger partial charge in [0.2, 0.25) is 0 Å². The summed E-state index contributed by atoms with van der Waals surface area (Å²) in [5.74, 6) is 0. The molecule has 0 amide bonds. The van der Waals surface area contributed by atoms with E-state index >= 15 is 0 Å². The van der Waals surface area contributed by atoms with Gasteiger partial charge in [-0.15, -0.1) is 0 Å². The van der Waals surface area contributed by atoms with Crippen molar-refractivity contribution in [3.8, 4) is 0 Å². The van der Waals surface area contributed by atoms with E-state index in [2.05, 4.69) is 61.8 Å². The minimum atomic E-state index is 0.821. The molecule has 4 nitrogen and oxygen atoms in total. The van der Waals surface area contributed by atoms with Crippen molar-refractivity contribution >= 4 is 23.2 Å². The van der Waals surface area contributed by atoms with Crippen LogP contribution in [0.3, 0.4) is 0 Å². The van der Waals surface area contributed by atoms with Crippen LogP contribution >= 0.6 is 23.2 Å². The van der Waals surface area contributed by atoms with Crippen molar-refractivity contribution in [1.82, 2.24) is 9.80 Å². The molecule has 1 saturated heterocycles. The van der Waals surface area contributed by atoms with E-state index in [4.69, 9.17) is 23.2 Å². The minimum absolute atomic E-state index is 0.821. The highest BCUT2D eigenvalue weighted by molar-refractivity contribution is 6.30. The first-order valence-electron chi connectivity index (χ1n) is 14.0. The third-order valence-electron chi connectivity index (χ3n) is 8.79. The molecular weight excluding hydrogens is 487 g/mol. The number of likely N-dealkylation sites (N-methyl/N-ethyl adjacent to an activating group) is 2. The third-order valence-corrected chi connectivity index (χ3v) is 9.30. The lowest BCUT2D eigenvalue weighted by atomic mass is 10.1. The second-order valence-corrected chi connectivity index (χ2v) is 11.5. The molecule has 200 valence electrons. The number of nitrogens with zero attached hydrogens (tertiary/aromatic N) is 4. The Hall–Kier alpha value is -1.14. The molecule has 0 spiro atoms. The molecule has 6 heteroatoms. The number of benzene rings is 2. The Kier molecular flexibility index (Phi) is 11.5. The van der Waals surface area contributed by atoms with Gasteiger partial charge < -0.3 is 8.97 Å². The Morgan fingerprint density at radius 3 is 1.14 bits per heavy atom. The maximum Gasteiger partial charge on any atom is 0.104 e. The fourth-order valence-electron chi connectivity index (χ4n) is 5.58. The SMILES string of the molecule is CC[N+](CC)(CCN1CCN(CC[N+](CC)(CC)Cc2ccc(Cl)cc2)CC1)Cc1ccc(Cl)cc1. The molecule has 0 aromatic heterocycles. The fourth-order valence-corrected chi connectivity index (χ4v) is 5.83. The summed E-state index contributed by atoms with van der Waals surface area (Å²) in [7, 11) is 0. The summed E-state index contributed by atoms with van der Waals surface area (Å²) in [6.07, 6.45) is 0. The van der Waals surface area contributed by atoms with E-state index in [1.807, 2.05) is 24.3 Å². The summed E-state index contributed by atoms with van der Waals surface area (Å²) < 4.78 is 2.28. The topological polar surface area (TPSA) is 6.48 Å². The Labute approximate surface area is 230 Å². The molecule has 1 fully saturated rings. The number of quaternary nitrogens is 2. The first-order chi connectivity index (χ1) is 17.3. The third kappa shape index (κ3) is 8.44. The minimum Gasteiger partial charge on any atom is -0.319 e. The quantitative estimate of drug-likeness (QED) is 0.273. The molecule has 36 heavy (non-hydrogen) atoms. The van der Waals surface area contributed by atoms with Crippen molar-refractivity contribution in [2.75, 3.05) is 78.5 Å². The average Bonchev–Trinajstić information content (AvgIpc) is 2.92. The lowest BCUT2D eigenvalue weighted by molar-refractivity contribution is -0.937. The van der Waals surface area contributed by atoms with Crippen molar-refractivity contribution in [3.05, 3.63) is 69.7 Å². The highest BCUT2D eigenvalue weighted by Crippen LogP contribution is 2.19. The van der Waals surface area contributed by atoms with Gasteiger partial charge in [-0.25, -0.2) is 0 Å². The van der Waals surface area contributed by atoms with Crippen LogP contribution in [0.25, 0.3) is 0 Å². The Balaban J connectivity index is 1.47. The first kappa shape index (κ1) is 29.4. The van der Waals surface area contributed by atoms with Crippen LogP contribution < -0.4 is 0 Å². The predicted octanol–water partition coefficient (Wildman–Crippen LogP) is 6.02. The number of halogens is 2. The molecule has 1 aliphatic rings. The highest BCUT2D eigenvalue weighted by atomic mass is 35.5. The van der Waals surface area contributed by atoms with Crippen LogP contribution in [0.15, 0.2) is 48.5 Å². The summed E-state index contributed by atoms with van der Waals surface area (Å²) >= 11 is 12.2. The van der Waals surface area contributed by atoms with Crippen molar-refractivity contribution in [3.63, 3.8) is 0 Å². The number of rotatable bonds is 14. The molecule has 0 atom stereocenters. The van der Waals surface area contributed by atoms with Gasteiger partial charge in [0.05, 0.1) is 39.3 Å². The van der Waals surface area contributed by atoms with Gasteiger partial charge in [0, 0.05) is 60.4 Å². The molecule has 0 bridgehead atoms. The summed E-state index contributed by atoms with van der Waals surface area (Å²) in [6.45, 7) is 25.7. The standard InChI is InChI=1S/C30H48Cl2N4/c1-5-35(6-2,25-27-9-13-29(31)14-10-27)23-21-33-17-19-34(20-18-33)22-24-36(7-3,8-4)26-28-11-15-30(32)16-12-28/h9-16H,5-8,17-26H2,1-4H3/q+2. The van der Waals surface area contributed by atoms with Gasteiger partial charge in [-0.3, -0.25) is 9.80 Å². The van der Waals surface area contributed by atoms with E-state index in [9.17, 15) is 0 Å². The lowest BCUT2D eigenvalue weighted by Crippen LogP contribution is -2.56. The van der Waals surface area contributed by atoms with E-state index in [1.54, 1.807) is 0 Å². The molecular formula is C30H48Cl2N4+2.